The van der Waals surface area contributed by atoms with Gasteiger partial charge in [-0.3, -0.25) is 4.79 Å². The number of aromatic nitrogens is 2. The highest BCUT2D eigenvalue weighted by Gasteiger charge is 2.29. The lowest BCUT2D eigenvalue weighted by molar-refractivity contribution is -0.126. The molecule has 3 heterocycles. The van der Waals surface area contributed by atoms with Gasteiger partial charge >= 0.3 is 6.01 Å². The molecule has 0 bridgehead atoms. The van der Waals surface area contributed by atoms with E-state index < -0.39 is 0 Å². The maximum atomic E-state index is 12.1. The zero-order chi connectivity index (χ0) is 27.4. The molecule has 0 atom stereocenters. The lowest BCUT2D eigenvalue weighted by Gasteiger charge is -2.38. The number of benzene rings is 2. The van der Waals surface area contributed by atoms with Gasteiger partial charge in [-0.25, -0.2) is 0 Å². The fraction of sp³-hybridized carbons (Fsp3) is 0.433. The maximum absolute atomic E-state index is 12.1. The Morgan fingerprint density at radius 3 is 2.67 bits per heavy atom. The van der Waals surface area contributed by atoms with Crippen molar-refractivity contribution in [1.82, 2.24) is 19.8 Å². The number of ether oxygens (including phenoxy) is 1. The summed E-state index contributed by atoms with van der Waals surface area (Å²) in [6, 6.07) is 12.2. The van der Waals surface area contributed by atoms with Gasteiger partial charge in [-0.15, -0.1) is 0 Å². The third-order valence-corrected chi connectivity index (χ3v) is 7.56. The molecule has 2 aliphatic heterocycles. The zero-order valence-electron chi connectivity index (χ0n) is 23.0. The number of nitrogens with zero attached hydrogens (tertiary/aromatic N) is 6. The summed E-state index contributed by atoms with van der Waals surface area (Å²) in [5.41, 5.74) is 3.08. The number of likely N-dealkylation sites (N-methyl/N-ethyl adjacent to an activating group) is 1. The number of hydrogen-bond donors (Lipinski definition) is 1. The van der Waals surface area contributed by atoms with Crippen LogP contribution in [0.3, 0.4) is 0 Å². The Bertz CT molecular complexity index is 1340. The number of carbonyl (C=O) groups excluding carboxylic acids is 1. The molecule has 1 amide bonds. The van der Waals surface area contributed by atoms with E-state index in [0.717, 1.165) is 66.0 Å². The van der Waals surface area contributed by atoms with Gasteiger partial charge in [0.25, 0.3) is 0 Å². The van der Waals surface area contributed by atoms with Crippen LogP contribution in [0.2, 0.25) is 0 Å². The molecule has 0 saturated carbocycles. The second-order valence-corrected chi connectivity index (χ2v) is 10.3. The lowest BCUT2D eigenvalue weighted by Crippen LogP contribution is -2.49. The Balaban J connectivity index is 1.43. The van der Waals surface area contributed by atoms with E-state index in [1.165, 1.54) is 6.08 Å². The summed E-state index contributed by atoms with van der Waals surface area (Å²) in [6.45, 7) is 12.1. The van der Waals surface area contributed by atoms with E-state index in [9.17, 15) is 9.90 Å². The molecular formula is C30H38N6O3. The number of amides is 1. The van der Waals surface area contributed by atoms with E-state index in [4.69, 9.17) is 14.7 Å². The first-order valence-electron chi connectivity index (χ1n) is 13.8. The minimum absolute atomic E-state index is 0.0337. The van der Waals surface area contributed by atoms with E-state index in [2.05, 4.69) is 41.3 Å². The third-order valence-electron chi connectivity index (χ3n) is 7.56. The highest BCUT2D eigenvalue weighted by molar-refractivity contribution is 5.95. The SMILES string of the molecule is C=CC(=O)N1CCN(c2nc(OCCN(C)CCC)nc3c2CCN(c2cc(O)cc4ccccc24)C3)CC1. The minimum Gasteiger partial charge on any atom is -0.508 e. The molecule has 3 aromatic rings. The first kappa shape index (κ1) is 26.7. The smallest absolute Gasteiger partial charge is 0.318 e. The monoisotopic (exact) mass is 530 g/mol. The second-order valence-electron chi connectivity index (χ2n) is 10.3. The minimum atomic E-state index is -0.0337. The number of carbonyl (C=O) groups is 1. The van der Waals surface area contributed by atoms with Crippen LogP contribution in [0.1, 0.15) is 24.6 Å². The molecule has 39 heavy (non-hydrogen) atoms. The van der Waals surface area contributed by atoms with E-state index in [-0.39, 0.29) is 11.7 Å². The molecule has 0 unspecified atom stereocenters. The number of aromatic hydroxyl groups is 1. The Kier molecular flexibility index (Phi) is 8.16. The molecule has 5 rings (SSSR count). The highest BCUT2D eigenvalue weighted by atomic mass is 16.5. The van der Waals surface area contributed by atoms with Crippen LogP contribution in [0.15, 0.2) is 49.1 Å². The van der Waals surface area contributed by atoms with Gasteiger partial charge < -0.3 is 29.4 Å². The molecule has 9 nitrogen and oxygen atoms in total. The maximum Gasteiger partial charge on any atom is 0.318 e. The van der Waals surface area contributed by atoms with E-state index in [0.29, 0.717) is 45.3 Å². The van der Waals surface area contributed by atoms with Crippen molar-refractivity contribution in [1.29, 1.82) is 0 Å². The standard InChI is InChI=1S/C30H38N6O3/c1-4-11-33(3)17-18-39-30-31-26-21-36(27-20-23(37)19-22-8-6-7-9-24(22)27)12-10-25(26)29(32-30)35-15-13-34(14-16-35)28(38)5-2/h5-9,19-20,37H,2,4,10-18,21H2,1,3H3. The molecule has 1 aromatic heterocycles. The first-order chi connectivity index (χ1) is 19.0. The van der Waals surface area contributed by atoms with Crippen molar-refractivity contribution in [2.75, 3.05) is 69.3 Å². The van der Waals surface area contributed by atoms with Gasteiger partial charge in [0, 0.05) is 62.0 Å². The molecule has 0 radical (unpaired) electrons. The van der Waals surface area contributed by atoms with Crippen LogP contribution < -0.4 is 14.5 Å². The van der Waals surface area contributed by atoms with Crippen LogP contribution >= 0.6 is 0 Å². The van der Waals surface area contributed by atoms with Crippen molar-refractivity contribution in [3.63, 3.8) is 0 Å². The fourth-order valence-corrected chi connectivity index (χ4v) is 5.51. The topological polar surface area (TPSA) is 85.3 Å². The van der Waals surface area contributed by atoms with Gasteiger partial charge in [-0.1, -0.05) is 37.8 Å². The van der Waals surface area contributed by atoms with Crippen molar-refractivity contribution in [3.05, 3.63) is 60.3 Å². The summed E-state index contributed by atoms with van der Waals surface area (Å²) in [7, 11) is 2.09. The van der Waals surface area contributed by atoms with Crippen molar-refractivity contribution in [2.24, 2.45) is 0 Å². The number of fused-ring (bicyclic) bond motifs is 2. The van der Waals surface area contributed by atoms with Gasteiger partial charge in [-0.2, -0.15) is 9.97 Å². The molecule has 2 aliphatic rings. The van der Waals surface area contributed by atoms with Crippen LogP contribution in [-0.4, -0.2) is 90.2 Å². The zero-order valence-corrected chi connectivity index (χ0v) is 23.0. The summed E-state index contributed by atoms with van der Waals surface area (Å²) in [5.74, 6) is 1.13. The summed E-state index contributed by atoms with van der Waals surface area (Å²) in [5, 5.41) is 12.5. The van der Waals surface area contributed by atoms with Gasteiger partial charge in [0.2, 0.25) is 5.91 Å². The normalized spacial score (nSPS) is 15.5. The first-order valence-corrected chi connectivity index (χ1v) is 13.8. The number of phenols is 1. The largest absolute Gasteiger partial charge is 0.508 e. The molecule has 1 saturated heterocycles. The molecule has 9 heteroatoms. The number of rotatable bonds is 9. The van der Waals surface area contributed by atoms with Gasteiger partial charge in [0.05, 0.1) is 12.2 Å². The average Bonchev–Trinajstić information content (AvgIpc) is 2.95. The molecule has 0 aliphatic carbocycles. The van der Waals surface area contributed by atoms with E-state index in [1.54, 1.807) is 6.07 Å². The average molecular weight is 531 g/mol. The summed E-state index contributed by atoms with van der Waals surface area (Å²) in [6.07, 6.45) is 3.25. The van der Waals surface area contributed by atoms with Crippen LogP contribution in [0.4, 0.5) is 11.5 Å². The number of phenolic OH excluding ortho intramolecular Hbond substituents is 1. The summed E-state index contributed by atoms with van der Waals surface area (Å²) in [4.78, 5) is 30.5. The number of anilines is 2. The third kappa shape index (κ3) is 5.93. The van der Waals surface area contributed by atoms with Crippen molar-refractivity contribution in [2.45, 2.75) is 26.3 Å². The Labute approximate surface area is 230 Å². The van der Waals surface area contributed by atoms with E-state index in [1.807, 2.05) is 29.2 Å². The van der Waals surface area contributed by atoms with Crippen molar-refractivity contribution < 1.29 is 14.6 Å². The second kappa shape index (κ2) is 11.9. The van der Waals surface area contributed by atoms with Gasteiger partial charge in [0.1, 0.15) is 18.2 Å². The number of hydrogen-bond acceptors (Lipinski definition) is 8. The van der Waals surface area contributed by atoms with Crippen LogP contribution in [0.5, 0.6) is 11.8 Å². The molecular weight excluding hydrogens is 492 g/mol. The predicted molar refractivity (Wildman–Crippen MR) is 155 cm³/mol. The van der Waals surface area contributed by atoms with Crippen molar-refractivity contribution in [3.8, 4) is 11.8 Å². The summed E-state index contributed by atoms with van der Waals surface area (Å²) >= 11 is 0. The Hall–Kier alpha value is -3.85. The van der Waals surface area contributed by atoms with Gasteiger partial charge in [0.15, 0.2) is 0 Å². The fourth-order valence-electron chi connectivity index (χ4n) is 5.51. The van der Waals surface area contributed by atoms with Gasteiger partial charge in [-0.05, 0) is 44.0 Å². The Morgan fingerprint density at radius 1 is 1.10 bits per heavy atom. The van der Waals surface area contributed by atoms with Crippen LogP contribution in [-0.2, 0) is 17.8 Å². The van der Waals surface area contributed by atoms with Crippen LogP contribution in [0.25, 0.3) is 10.8 Å². The quantitative estimate of drug-likeness (QED) is 0.421. The Morgan fingerprint density at radius 2 is 1.90 bits per heavy atom. The molecule has 1 N–H and O–H groups in total. The molecule has 0 spiro atoms. The predicted octanol–water partition coefficient (Wildman–Crippen LogP) is 3.45. The highest BCUT2D eigenvalue weighted by Crippen LogP contribution is 2.36. The number of piperazine rings is 1. The lowest BCUT2D eigenvalue weighted by atomic mass is 10.0. The molecule has 1 fully saturated rings. The summed E-state index contributed by atoms with van der Waals surface area (Å²) < 4.78 is 6.10. The van der Waals surface area contributed by atoms with Crippen molar-refractivity contribution >= 4 is 28.2 Å². The van der Waals surface area contributed by atoms with Crippen LogP contribution in [0, 0.1) is 0 Å². The van der Waals surface area contributed by atoms with E-state index >= 15 is 0 Å². The molecule has 2 aromatic carbocycles. The molecule has 206 valence electrons.